The molecule has 0 spiro atoms. The normalized spacial score (nSPS) is 24.0. The summed E-state index contributed by atoms with van der Waals surface area (Å²) in [5.41, 5.74) is 11.2. The fourth-order valence-corrected chi connectivity index (χ4v) is 2.56. The van der Waals surface area contributed by atoms with Gasteiger partial charge in [0.2, 0.25) is 11.8 Å². The first kappa shape index (κ1) is 15.0. The van der Waals surface area contributed by atoms with Gasteiger partial charge in [-0.05, 0) is 18.8 Å². The summed E-state index contributed by atoms with van der Waals surface area (Å²) in [7, 11) is 0. The zero-order valence-electron chi connectivity index (χ0n) is 11.4. The summed E-state index contributed by atoms with van der Waals surface area (Å²) in [5, 5.41) is 0. The molecule has 5 heteroatoms. The molecule has 2 amide bonds. The van der Waals surface area contributed by atoms with Gasteiger partial charge in [0.15, 0.2) is 0 Å². The first-order valence-electron chi connectivity index (χ1n) is 6.74. The van der Waals surface area contributed by atoms with Crippen LogP contribution < -0.4 is 11.5 Å². The lowest BCUT2D eigenvalue weighted by Gasteiger charge is -2.33. The maximum atomic E-state index is 12.4. The van der Waals surface area contributed by atoms with E-state index in [1.54, 1.807) is 4.90 Å². The Bertz CT molecular complexity index is 305. The average molecular weight is 255 g/mol. The predicted molar refractivity (Wildman–Crippen MR) is 70.5 cm³/mol. The maximum Gasteiger partial charge on any atom is 0.237 e. The van der Waals surface area contributed by atoms with Crippen LogP contribution in [0.2, 0.25) is 0 Å². The molecular formula is C13H25N3O2. The van der Waals surface area contributed by atoms with Gasteiger partial charge in [0, 0.05) is 12.6 Å². The van der Waals surface area contributed by atoms with Gasteiger partial charge < -0.3 is 16.4 Å². The quantitative estimate of drug-likeness (QED) is 0.748. The highest BCUT2D eigenvalue weighted by Gasteiger charge is 2.32. The molecule has 1 rings (SSSR count). The van der Waals surface area contributed by atoms with E-state index in [0.717, 1.165) is 25.7 Å². The monoisotopic (exact) mass is 255 g/mol. The highest BCUT2D eigenvalue weighted by Crippen LogP contribution is 2.25. The number of hydrogen-bond acceptors (Lipinski definition) is 3. The van der Waals surface area contributed by atoms with Crippen molar-refractivity contribution >= 4 is 11.8 Å². The summed E-state index contributed by atoms with van der Waals surface area (Å²) in [6.07, 6.45) is 3.84. The molecule has 104 valence electrons. The van der Waals surface area contributed by atoms with Crippen LogP contribution in [0.15, 0.2) is 0 Å². The van der Waals surface area contributed by atoms with Gasteiger partial charge >= 0.3 is 0 Å². The number of primary amides is 1. The van der Waals surface area contributed by atoms with Gasteiger partial charge in [-0.3, -0.25) is 9.59 Å². The first-order valence-corrected chi connectivity index (χ1v) is 6.74. The van der Waals surface area contributed by atoms with Crippen LogP contribution in [0.1, 0.15) is 39.5 Å². The molecular weight excluding hydrogens is 230 g/mol. The number of carbonyl (C=O) groups excluding carboxylic acids is 2. The summed E-state index contributed by atoms with van der Waals surface area (Å²) in [6, 6.07) is -0.0752. The van der Waals surface area contributed by atoms with Crippen molar-refractivity contribution in [2.45, 2.75) is 45.6 Å². The Morgan fingerprint density at radius 1 is 1.28 bits per heavy atom. The largest absolute Gasteiger partial charge is 0.368 e. The lowest BCUT2D eigenvalue weighted by atomic mass is 9.84. The molecule has 4 N–H and O–H groups in total. The van der Waals surface area contributed by atoms with Crippen molar-refractivity contribution in [3.63, 3.8) is 0 Å². The third-order valence-electron chi connectivity index (χ3n) is 3.38. The number of nitrogens with zero attached hydrogens (tertiary/aromatic N) is 1. The number of hydrogen-bond donors (Lipinski definition) is 2. The van der Waals surface area contributed by atoms with Crippen molar-refractivity contribution in [1.82, 2.24) is 4.90 Å². The predicted octanol–water partition coefficient (Wildman–Crippen LogP) is 0.474. The minimum absolute atomic E-state index is 0.000231. The first-order chi connectivity index (χ1) is 8.41. The lowest BCUT2D eigenvalue weighted by molar-refractivity contribution is -0.140. The minimum atomic E-state index is -0.464. The number of amides is 2. The molecule has 0 saturated heterocycles. The number of carbonyl (C=O) groups is 2. The van der Waals surface area contributed by atoms with E-state index in [1.165, 1.54) is 0 Å². The van der Waals surface area contributed by atoms with Gasteiger partial charge in [-0.2, -0.15) is 0 Å². The van der Waals surface area contributed by atoms with Crippen molar-refractivity contribution in [3.8, 4) is 0 Å². The van der Waals surface area contributed by atoms with E-state index in [9.17, 15) is 9.59 Å². The molecule has 18 heavy (non-hydrogen) atoms. The van der Waals surface area contributed by atoms with Crippen molar-refractivity contribution in [2.75, 3.05) is 13.1 Å². The van der Waals surface area contributed by atoms with E-state index >= 15 is 0 Å². The lowest BCUT2D eigenvalue weighted by Crippen LogP contribution is -2.49. The molecule has 0 bridgehead atoms. The molecule has 2 unspecified atom stereocenters. The van der Waals surface area contributed by atoms with E-state index in [-0.39, 0.29) is 24.4 Å². The zero-order chi connectivity index (χ0) is 13.7. The minimum Gasteiger partial charge on any atom is -0.368 e. The summed E-state index contributed by atoms with van der Waals surface area (Å²) >= 11 is 0. The standard InChI is InChI=1S/C13H25N3O2/c1-9(2)7-16(8-12(15)17)13(18)10-5-3-4-6-11(10)14/h9-11H,3-8,14H2,1-2H3,(H2,15,17). The molecule has 1 aliphatic rings. The molecule has 0 aliphatic heterocycles. The van der Waals surface area contributed by atoms with Gasteiger partial charge in [-0.1, -0.05) is 26.7 Å². The Hall–Kier alpha value is -1.10. The molecule has 1 fully saturated rings. The van der Waals surface area contributed by atoms with E-state index in [4.69, 9.17) is 11.5 Å². The van der Waals surface area contributed by atoms with Gasteiger partial charge in [-0.15, -0.1) is 0 Å². The molecule has 0 radical (unpaired) electrons. The Labute approximate surface area is 109 Å². The van der Waals surface area contributed by atoms with E-state index in [2.05, 4.69) is 0 Å². The number of nitrogens with two attached hydrogens (primary N) is 2. The Morgan fingerprint density at radius 3 is 2.39 bits per heavy atom. The molecule has 0 aromatic heterocycles. The van der Waals surface area contributed by atoms with Crippen LogP contribution >= 0.6 is 0 Å². The van der Waals surface area contributed by atoms with Gasteiger partial charge in [0.25, 0.3) is 0 Å². The highest BCUT2D eigenvalue weighted by molar-refractivity contribution is 5.85. The van der Waals surface area contributed by atoms with Crippen molar-refractivity contribution in [3.05, 3.63) is 0 Å². The van der Waals surface area contributed by atoms with Crippen LogP contribution in [0.4, 0.5) is 0 Å². The zero-order valence-corrected chi connectivity index (χ0v) is 11.4. The second-order valence-corrected chi connectivity index (χ2v) is 5.63. The van der Waals surface area contributed by atoms with E-state index < -0.39 is 5.91 Å². The SMILES string of the molecule is CC(C)CN(CC(N)=O)C(=O)C1CCCCC1N. The summed E-state index contributed by atoms with van der Waals surface area (Å²) in [5.74, 6) is -0.298. The molecule has 0 heterocycles. The van der Waals surface area contributed by atoms with Gasteiger partial charge in [0.1, 0.15) is 0 Å². The Kier molecular flexibility index (Phi) is 5.59. The smallest absolute Gasteiger partial charge is 0.237 e. The average Bonchev–Trinajstić information content (AvgIpc) is 2.26. The number of rotatable bonds is 5. The van der Waals surface area contributed by atoms with Crippen LogP contribution in [-0.2, 0) is 9.59 Å². The van der Waals surface area contributed by atoms with Crippen molar-refractivity contribution in [2.24, 2.45) is 23.3 Å². The molecule has 0 aromatic rings. The summed E-state index contributed by atoms with van der Waals surface area (Å²) in [4.78, 5) is 25.0. The summed E-state index contributed by atoms with van der Waals surface area (Å²) < 4.78 is 0. The van der Waals surface area contributed by atoms with Crippen LogP contribution in [0.5, 0.6) is 0 Å². The fraction of sp³-hybridized carbons (Fsp3) is 0.846. The van der Waals surface area contributed by atoms with E-state index in [0.29, 0.717) is 12.5 Å². The van der Waals surface area contributed by atoms with Gasteiger partial charge in [-0.25, -0.2) is 0 Å². The van der Waals surface area contributed by atoms with Crippen LogP contribution in [0, 0.1) is 11.8 Å². The second-order valence-electron chi connectivity index (χ2n) is 5.63. The fourth-order valence-electron chi connectivity index (χ4n) is 2.56. The topological polar surface area (TPSA) is 89.4 Å². The van der Waals surface area contributed by atoms with Crippen molar-refractivity contribution < 1.29 is 9.59 Å². The molecule has 1 aliphatic carbocycles. The van der Waals surface area contributed by atoms with E-state index in [1.807, 2.05) is 13.8 Å². The van der Waals surface area contributed by atoms with Crippen LogP contribution in [0.25, 0.3) is 0 Å². The highest BCUT2D eigenvalue weighted by atomic mass is 16.2. The van der Waals surface area contributed by atoms with Crippen LogP contribution in [-0.4, -0.2) is 35.8 Å². The van der Waals surface area contributed by atoms with Crippen molar-refractivity contribution in [1.29, 1.82) is 0 Å². The van der Waals surface area contributed by atoms with Gasteiger partial charge in [0.05, 0.1) is 12.5 Å². The Balaban J connectivity index is 2.70. The van der Waals surface area contributed by atoms with Crippen LogP contribution in [0.3, 0.4) is 0 Å². The Morgan fingerprint density at radius 2 is 1.89 bits per heavy atom. The third-order valence-corrected chi connectivity index (χ3v) is 3.38. The summed E-state index contributed by atoms with van der Waals surface area (Å²) in [6.45, 7) is 4.59. The molecule has 2 atom stereocenters. The molecule has 1 saturated carbocycles. The second kappa shape index (κ2) is 6.73. The molecule has 0 aromatic carbocycles. The molecule has 5 nitrogen and oxygen atoms in total. The third kappa shape index (κ3) is 4.29. The maximum absolute atomic E-state index is 12.4.